The average Bonchev–Trinajstić information content (AvgIpc) is 3.26. The van der Waals surface area contributed by atoms with Crippen molar-refractivity contribution in [1.29, 1.82) is 0 Å². The first-order valence-corrected chi connectivity index (χ1v) is 20.2. The Morgan fingerprint density at radius 3 is 1.19 bits per heavy atom. The summed E-state index contributed by atoms with van der Waals surface area (Å²) in [7, 11) is 0. The topological polar surface area (TPSA) is 108 Å². The van der Waals surface area contributed by atoms with E-state index in [1.165, 1.54) is 0 Å². The normalized spacial score (nSPS) is 12.0. The molecule has 4 rings (SSSR count). The highest BCUT2D eigenvalue weighted by molar-refractivity contribution is 5.81. The first-order chi connectivity index (χ1) is 28.2. The van der Waals surface area contributed by atoms with Gasteiger partial charge in [-0.05, 0) is 64.0 Å². The van der Waals surface area contributed by atoms with Gasteiger partial charge in [0.25, 0.3) is 0 Å². The minimum atomic E-state index is -0.485. The number of ether oxygens (including phenoxy) is 4. The number of hydrogen-bond donors (Lipinski definition) is 0. The largest absolute Gasteiger partial charge is 0.461 e. The molecule has 0 amide bonds. The molecule has 0 aliphatic rings. The van der Waals surface area contributed by atoms with Crippen molar-refractivity contribution in [3.05, 3.63) is 167 Å². The molecule has 0 radical (unpaired) electrons. The zero-order valence-corrected chi connectivity index (χ0v) is 35.5. The lowest BCUT2D eigenvalue weighted by Gasteiger charge is -2.27. The Hall–Kier alpha value is -5.80. The first-order valence-electron chi connectivity index (χ1n) is 20.2. The van der Waals surface area contributed by atoms with E-state index in [2.05, 4.69) is 45.8 Å². The fourth-order valence-electron chi connectivity index (χ4n) is 6.71. The number of benzene rings is 4. The number of hydrogen-bond acceptors (Lipinski definition) is 9. The van der Waals surface area contributed by atoms with Gasteiger partial charge in [0.1, 0.15) is 26.4 Å². The van der Waals surface area contributed by atoms with Crippen molar-refractivity contribution in [2.24, 2.45) is 5.92 Å². The van der Waals surface area contributed by atoms with Gasteiger partial charge in [0.15, 0.2) is 0 Å². The molecule has 0 N–H and O–H groups in total. The molecule has 0 aromatic heterocycles. The van der Waals surface area contributed by atoms with Crippen LogP contribution in [0.15, 0.2) is 122 Å². The summed E-state index contributed by atoms with van der Waals surface area (Å²) in [5.74, 6) is -2.10. The van der Waals surface area contributed by atoms with Crippen LogP contribution in [0.3, 0.4) is 0 Å². The Balaban J connectivity index is 1.29. The lowest BCUT2D eigenvalue weighted by atomic mass is 9.78. The van der Waals surface area contributed by atoms with Crippen LogP contribution in [0.2, 0.25) is 0 Å². The molecule has 1 unspecified atom stereocenters. The summed E-state index contributed by atoms with van der Waals surface area (Å²) in [6, 6.07) is 32.0. The van der Waals surface area contributed by atoms with E-state index >= 15 is 0 Å². The molecular formula is C50H59NO8. The third kappa shape index (κ3) is 13.4. The molecule has 0 fully saturated rings. The van der Waals surface area contributed by atoms with Crippen molar-refractivity contribution in [2.75, 3.05) is 19.6 Å². The van der Waals surface area contributed by atoms with E-state index in [0.29, 0.717) is 13.0 Å². The molecule has 4 aromatic rings. The van der Waals surface area contributed by atoms with Crippen LogP contribution in [0.4, 0.5) is 0 Å². The Bertz CT molecular complexity index is 2010. The third-order valence-corrected chi connectivity index (χ3v) is 11.0. The number of carbonyl (C=O) groups is 4. The van der Waals surface area contributed by atoms with Crippen molar-refractivity contribution in [3.8, 4) is 0 Å². The van der Waals surface area contributed by atoms with E-state index < -0.39 is 17.9 Å². The van der Waals surface area contributed by atoms with Crippen molar-refractivity contribution < 1.29 is 38.1 Å². The van der Waals surface area contributed by atoms with Crippen LogP contribution in [0.1, 0.15) is 98.9 Å². The number of carbonyl (C=O) groups excluding carboxylic acids is 4. The maximum Gasteiger partial charge on any atom is 0.330 e. The van der Waals surface area contributed by atoms with Gasteiger partial charge in [-0.2, -0.15) is 0 Å². The molecule has 0 heterocycles. The van der Waals surface area contributed by atoms with Gasteiger partial charge in [-0.1, -0.05) is 152 Å². The minimum absolute atomic E-state index is 0.0969. The van der Waals surface area contributed by atoms with Crippen molar-refractivity contribution in [3.63, 3.8) is 0 Å². The molecule has 312 valence electrons. The van der Waals surface area contributed by atoms with Gasteiger partial charge in [-0.3, -0.25) is 9.59 Å². The van der Waals surface area contributed by atoms with E-state index in [0.717, 1.165) is 69.7 Å². The molecule has 0 aliphatic heterocycles. The molecule has 9 nitrogen and oxygen atoms in total. The van der Waals surface area contributed by atoms with Gasteiger partial charge in [-0.15, -0.1) is 0 Å². The summed E-state index contributed by atoms with van der Waals surface area (Å²) in [5, 5.41) is 0. The quantitative estimate of drug-likeness (QED) is 0.0437. The minimum Gasteiger partial charge on any atom is -0.461 e. The Kier molecular flexibility index (Phi) is 17.0. The van der Waals surface area contributed by atoms with Crippen LogP contribution in [-0.2, 0) is 75.4 Å². The lowest BCUT2D eigenvalue weighted by molar-refractivity contribution is -0.152. The second-order valence-electron chi connectivity index (χ2n) is 15.7. The van der Waals surface area contributed by atoms with Gasteiger partial charge < -0.3 is 23.8 Å². The second-order valence-corrected chi connectivity index (χ2v) is 15.7. The highest BCUT2D eigenvalue weighted by atomic mass is 16.5. The van der Waals surface area contributed by atoms with Crippen LogP contribution in [0.25, 0.3) is 0 Å². The van der Waals surface area contributed by atoms with E-state index in [1.54, 1.807) is 0 Å². The Labute approximate surface area is 350 Å². The van der Waals surface area contributed by atoms with Crippen LogP contribution in [0, 0.1) is 5.92 Å². The monoisotopic (exact) mass is 801 g/mol. The molecular weight excluding hydrogens is 743 g/mol. The number of rotatable bonds is 22. The summed E-state index contributed by atoms with van der Waals surface area (Å²) in [5.41, 5.74) is 7.36. The summed E-state index contributed by atoms with van der Waals surface area (Å²) in [6.07, 6.45) is 2.71. The van der Waals surface area contributed by atoms with Crippen molar-refractivity contribution in [1.82, 2.24) is 4.90 Å². The molecule has 59 heavy (non-hydrogen) atoms. The Morgan fingerprint density at radius 1 is 0.542 bits per heavy atom. The second kappa shape index (κ2) is 21.8. The lowest BCUT2D eigenvalue weighted by Crippen LogP contribution is -2.34. The molecule has 0 aliphatic carbocycles. The number of nitrogens with zero attached hydrogens (tertiary/aromatic N) is 1. The molecule has 4 aromatic carbocycles. The number of esters is 4. The van der Waals surface area contributed by atoms with Crippen LogP contribution in [-0.4, -0.2) is 48.4 Å². The summed E-state index contributed by atoms with van der Waals surface area (Å²) >= 11 is 0. The summed E-state index contributed by atoms with van der Waals surface area (Å²) < 4.78 is 21.8. The van der Waals surface area contributed by atoms with E-state index in [4.69, 9.17) is 18.9 Å². The van der Waals surface area contributed by atoms with Gasteiger partial charge >= 0.3 is 23.9 Å². The maximum atomic E-state index is 13.5. The predicted octanol–water partition coefficient (Wildman–Crippen LogP) is 9.32. The van der Waals surface area contributed by atoms with Gasteiger partial charge in [0.2, 0.25) is 0 Å². The fourth-order valence-corrected chi connectivity index (χ4v) is 6.71. The Morgan fingerprint density at radius 2 is 0.864 bits per heavy atom. The SMILES string of the molecule is C=CC(=O)OCc1ccc(C(C)(C)c2ccc(COC(=O)CCC(CN(CC)CC)C(=O)OCc3ccc(C(C)(C)c4ccc(COC(=O)C=C)cc4)cc3)cc2)cc1. The summed E-state index contributed by atoms with van der Waals surface area (Å²) in [4.78, 5) is 51.4. The average molecular weight is 802 g/mol. The standard InChI is InChI=1S/C50H59NO8/c1-9-45(52)56-32-36-13-22-41(23-14-36)49(5,6)43-26-17-38(18-27-43)34-58-47(54)30-21-40(31-51(11-3)12-4)48(55)59-35-39-19-28-44(29-20-39)50(7,8)42-24-15-37(16-25-42)33-57-46(53)10-2/h9-10,13-20,22-29,40H,1-2,11-12,21,30-35H2,3-8H3. The zero-order chi connectivity index (χ0) is 43.0. The van der Waals surface area contributed by atoms with E-state index in [9.17, 15) is 19.2 Å². The molecule has 0 saturated heterocycles. The predicted molar refractivity (Wildman–Crippen MR) is 230 cm³/mol. The molecule has 1 atom stereocenters. The highest BCUT2D eigenvalue weighted by Gasteiger charge is 2.26. The molecule has 0 saturated carbocycles. The van der Waals surface area contributed by atoms with Gasteiger partial charge in [0, 0.05) is 35.9 Å². The zero-order valence-electron chi connectivity index (χ0n) is 35.5. The third-order valence-electron chi connectivity index (χ3n) is 11.0. The van der Waals surface area contributed by atoms with E-state index in [-0.39, 0.29) is 55.6 Å². The van der Waals surface area contributed by atoms with Crippen LogP contribution < -0.4 is 0 Å². The van der Waals surface area contributed by atoms with Gasteiger partial charge in [-0.25, -0.2) is 9.59 Å². The van der Waals surface area contributed by atoms with Gasteiger partial charge in [0.05, 0.1) is 5.92 Å². The van der Waals surface area contributed by atoms with Crippen LogP contribution in [0.5, 0.6) is 0 Å². The van der Waals surface area contributed by atoms with Crippen molar-refractivity contribution in [2.45, 2.75) is 91.6 Å². The summed E-state index contributed by atoms with van der Waals surface area (Å²) in [6.45, 7) is 22.2. The van der Waals surface area contributed by atoms with Crippen LogP contribution >= 0.6 is 0 Å². The highest BCUT2D eigenvalue weighted by Crippen LogP contribution is 2.33. The molecule has 0 bridgehead atoms. The van der Waals surface area contributed by atoms with E-state index in [1.807, 2.05) is 111 Å². The molecule has 0 spiro atoms. The maximum absolute atomic E-state index is 13.5. The molecule has 9 heteroatoms. The fraction of sp³-hybridized carbons (Fsp3) is 0.360. The van der Waals surface area contributed by atoms with Crippen molar-refractivity contribution >= 4 is 23.9 Å². The first kappa shape index (κ1) is 45.9. The smallest absolute Gasteiger partial charge is 0.330 e.